The number of likely N-dealkylation sites (N-methyl/N-ethyl adjacent to an activating group) is 1. The number of carbonyl (C=O) groups is 1. The van der Waals surface area contributed by atoms with Crippen LogP contribution in [0.15, 0.2) is 17.5 Å². The van der Waals surface area contributed by atoms with Crippen LogP contribution in [0.2, 0.25) is 0 Å². The number of hydrogen-bond acceptors (Lipinski definition) is 3. The van der Waals surface area contributed by atoms with Crippen molar-refractivity contribution in [2.45, 2.75) is 39.0 Å². The zero-order valence-corrected chi connectivity index (χ0v) is 13.8. The second-order valence-electron chi connectivity index (χ2n) is 6.44. The summed E-state index contributed by atoms with van der Waals surface area (Å²) < 4.78 is 0. The van der Waals surface area contributed by atoms with Gasteiger partial charge in [0.2, 0.25) is 5.91 Å². The molecule has 1 aliphatic carbocycles. The van der Waals surface area contributed by atoms with Crippen LogP contribution >= 0.6 is 11.3 Å². The molecule has 1 amide bonds. The molecule has 0 unspecified atom stereocenters. The Balaban J connectivity index is 1.69. The Hall–Kier alpha value is -0.870. The first-order valence-electron chi connectivity index (χ1n) is 8.29. The number of fused-ring (bicyclic) bond motifs is 1. The van der Waals surface area contributed by atoms with Crippen molar-refractivity contribution < 1.29 is 4.79 Å². The molecule has 0 aromatic carbocycles. The van der Waals surface area contributed by atoms with Gasteiger partial charge in [-0.05, 0) is 50.1 Å². The highest BCUT2D eigenvalue weighted by molar-refractivity contribution is 7.09. The number of carbonyl (C=O) groups excluding carboxylic acids is 1. The third-order valence-electron chi connectivity index (χ3n) is 5.34. The second-order valence-corrected chi connectivity index (χ2v) is 7.48. The van der Waals surface area contributed by atoms with Gasteiger partial charge in [-0.25, -0.2) is 0 Å². The molecule has 3 nitrogen and oxygen atoms in total. The average molecular weight is 306 g/mol. The van der Waals surface area contributed by atoms with Crippen LogP contribution in [0.25, 0.3) is 0 Å². The number of hydrogen-bond donors (Lipinski definition) is 1. The van der Waals surface area contributed by atoms with Crippen molar-refractivity contribution in [1.29, 1.82) is 0 Å². The van der Waals surface area contributed by atoms with Crippen LogP contribution < -0.4 is 5.32 Å². The fraction of sp³-hybridized carbons (Fsp3) is 0.706. The van der Waals surface area contributed by atoms with Crippen LogP contribution in [0.4, 0.5) is 0 Å². The topological polar surface area (TPSA) is 32.3 Å². The van der Waals surface area contributed by atoms with Crippen molar-refractivity contribution in [2.75, 3.05) is 26.2 Å². The molecule has 1 aliphatic heterocycles. The summed E-state index contributed by atoms with van der Waals surface area (Å²) in [6.45, 7) is 5.74. The Morgan fingerprint density at radius 3 is 3.19 bits per heavy atom. The smallest absolute Gasteiger partial charge is 0.230 e. The summed E-state index contributed by atoms with van der Waals surface area (Å²) in [5.74, 6) is 0.978. The van der Waals surface area contributed by atoms with Crippen molar-refractivity contribution >= 4 is 17.2 Å². The third-order valence-corrected chi connectivity index (χ3v) is 6.28. The zero-order valence-electron chi connectivity index (χ0n) is 12.9. The van der Waals surface area contributed by atoms with Crippen molar-refractivity contribution in [2.24, 2.45) is 11.3 Å². The highest BCUT2D eigenvalue weighted by Crippen LogP contribution is 2.45. The monoisotopic (exact) mass is 306 g/mol. The van der Waals surface area contributed by atoms with E-state index in [0.29, 0.717) is 11.8 Å². The first-order valence-corrected chi connectivity index (χ1v) is 9.17. The third kappa shape index (κ3) is 2.88. The number of amides is 1. The standard InChI is InChI=1S/C17H26N2OS/c1-2-19(10-8-15-7-5-11-21-15)16(20)17-9-4-3-6-14(17)12-18-13-17/h5,7,11,14,18H,2-4,6,8-10,12-13H2,1H3/t14-,17+/m0/s1. The summed E-state index contributed by atoms with van der Waals surface area (Å²) in [5, 5.41) is 5.60. The SMILES string of the molecule is CCN(CCc1cccs1)C(=O)[C@@]12CCCC[C@H]1CNC2. The summed E-state index contributed by atoms with van der Waals surface area (Å²) in [6.07, 6.45) is 5.81. The van der Waals surface area contributed by atoms with E-state index in [-0.39, 0.29) is 5.41 Å². The van der Waals surface area contributed by atoms with Crippen LogP contribution in [0.1, 0.15) is 37.5 Å². The molecule has 116 valence electrons. The second kappa shape index (κ2) is 6.49. The fourth-order valence-electron chi connectivity index (χ4n) is 4.09. The lowest BCUT2D eigenvalue weighted by Crippen LogP contribution is -2.50. The molecular formula is C17H26N2OS. The van der Waals surface area contributed by atoms with E-state index in [1.54, 1.807) is 11.3 Å². The van der Waals surface area contributed by atoms with Gasteiger partial charge in [0.05, 0.1) is 5.41 Å². The van der Waals surface area contributed by atoms with Crippen molar-refractivity contribution in [1.82, 2.24) is 10.2 Å². The van der Waals surface area contributed by atoms with Crippen molar-refractivity contribution in [3.05, 3.63) is 22.4 Å². The summed E-state index contributed by atoms with van der Waals surface area (Å²) >= 11 is 1.79. The minimum Gasteiger partial charge on any atom is -0.342 e. The molecule has 1 saturated carbocycles. The first-order chi connectivity index (χ1) is 10.3. The van der Waals surface area contributed by atoms with Gasteiger partial charge in [-0.1, -0.05) is 18.9 Å². The lowest BCUT2D eigenvalue weighted by molar-refractivity contribution is -0.145. The molecule has 4 heteroatoms. The Kier molecular flexibility index (Phi) is 4.65. The predicted octanol–water partition coefficient (Wildman–Crippen LogP) is 2.92. The highest BCUT2D eigenvalue weighted by atomic mass is 32.1. The largest absolute Gasteiger partial charge is 0.342 e. The van der Waals surface area contributed by atoms with Crippen molar-refractivity contribution in [3.63, 3.8) is 0 Å². The summed E-state index contributed by atoms with van der Waals surface area (Å²) in [4.78, 5) is 16.7. The molecular weight excluding hydrogens is 280 g/mol. The number of nitrogens with zero attached hydrogens (tertiary/aromatic N) is 1. The van der Waals surface area contributed by atoms with Crippen LogP contribution in [0.5, 0.6) is 0 Å². The molecule has 2 fully saturated rings. The molecule has 1 N–H and O–H groups in total. The Labute approximate surface area is 131 Å². The van der Waals surface area contributed by atoms with Gasteiger partial charge < -0.3 is 10.2 Å². The molecule has 1 aromatic rings. The van der Waals surface area contributed by atoms with Crippen LogP contribution in [0.3, 0.4) is 0 Å². The molecule has 21 heavy (non-hydrogen) atoms. The van der Waals surface area contributed by atoms with Crippen molar-refractivity contribution in [3.8, 4) is 0 Å². The van der Waals surface area contributed by atoms with E-state index in [1.807, 2.05) is 0 Å². The minimum atomic E-state index is -0.0935. The highest BCUT2D eigenvalue weighted by Gasteiger charge is 2.51. The molecule has 2 heterocycles. The molecule has 0 radical (unpaired) electrons. The minimum absolute atomic E-state index is 0.0935. The first kappa shape index (κ1) is 15.0. The Bertz CT molecular complexity index is 473. The maximum absolute atomic E-state index is 13.2. The maximum Gasteiger partial charge on any atom is 0.230 e. The van der Waals surface area contributed by atoms with Crippen LogP contribution in [0, 0.1) is 11.3 Å². The van der Waals surface area contributed by atoms with Crippen LogP contribution in [-0.4, -0.2) is 37.0 Å². The molecule has 3 rings (SSSR count). The Morgan fingerprint density at radius 1 is 1.52 bits per heavy atom. The average Bonchev–Trinajstić information content (AvgIpc) is 3.17. The van der Waals surface area contributed by atoms with Gasteiger partial charge in [-0.15, -0.1) is 11.3 Å². The van der Waals surface area contributed by atoms with E-state index >= 15 is 0 Å². The lowest BCUT2D eigenvalue weighted by Gasteiger charge is -2.40. The Morgan fingerprint density at radius 2 is 2.43 bits per heavy atom. The zero-order chi connectivity index (χ0) is 14.7. The quantitative estimate of drug-likeness (QED) is 0.907. The normalized spacial score (nSPS) is 28.3. The van der Waals surface area contributed by atoms with Gasteiger partial charge in [-0.3, -0.25) is 4.79 Å². The number of thiophene rings is 1. The lowest BCUT2D eigenvalue weighted by atomic mass is 9.67. The van der Waals surface area contributed by atoms with E-state index in [4.69, 9.17) is 0 Å². The van der Waals surface area contributed by atoms with Gasteiger partial charge in [0.15, 0.2) is 0 Å². The number of nitrogens with one attached hydrogen (secondary N) is 1. The van der Waals surface area contributed by atoms with Gasteiger partial charge in [0.25, 0.3) is 0 Å². The molecule has 1 aromatic heterocycles. The summed E-state index contributed by atoms with van der Waals surface area (Å²) in [7, 11) is 0. The maximum atomic E-state index is 13.2. The summed E-state index contributed by atoms with van der Waals surface area (Å²) in [5.41, 5.74) is -0.0935. The van der Waals surface area contributed by atoms with E-state index in [2.05, 4.69) is 34.7 Å². The van der Waals surface area contributed by atoms with E-state index in [9.17, 15) is 4.79 Å². The molecule has 0 bridgehead atoms. The van der Waals surface area contributed by atoms with Gasteiger partial charge in [-0.2, -0.15) is 0 Å². The molecule has 2 atom stereocenters. The van der Waals surface area contributed by atoms with E-state index in [1.165, 1.54) is 24.1 Å². The van der Waals surface area contributed by atoms with Gasteiger partial charge in [0, 0.05) is 24.5 Å². The van der Waals surface area contributed by atoms with Gasteiger partial charge >= 0.3 is 0 Å². The fourth-order valence-corrected chi connectivity index (χ4v) is 4.78. The predicted molar refractivity (Wildman–Crippen MR) is 87.5 cm³/mol. The molecule has 2 aliphatic rings. The molecule has 0 spiro atoms. The summed E-state index contributed by atoms with van der Waals surface area (Å²) in [6, 6.07) is 4.26. The molecule has 1 saturated heterocycles. The van der Waals surface area contributed by atoms with Crippen LogP contribution in [-0.2, 0) is 11.2 Å². The van der Waals surface area contributed by atoms with E-state index in [0.717, 1.165) is 39.0 Å². The van der Waals surface area contributed by atoms with E-state index < -0.39 is 0 Å². The number of rotatable bonds is 5. The van der Waals surface area contributed by atoms with Gasteiger partial charge in [0.1, 0.15) is 0 Å².